The van der Waals surface area contributed by atoms with E-state index in [-0.39, 0.29) is 36.0 Å². The van der Waals surface area contributed by atoms with E-state index in [9.17, 15) is 9.59 Å². The Morgan fingerprint density at radius 2 is 2.24 bits per heavy atom. The van der Waals surface area contributed by atoms with Gasteiger partial charge in [0.25, 0.3) is 11.8 Å². The summed E-state index contributed by atoms with van der Waals surface area (Å²) < 4.78 is 7.05. The largest absolute Gasteiger partial charge is 0.459 e. The van der Waals surface area contributed by atoms with Crippen LogP contribution in [0.5, 0.6) is 0 Å². The number of nitrogens with one attached hydrogen (secondary N) is 2. The van der Waals surface area contributed by atoms with Gasteiger partial charge in [0.2, 0.25) is 0 Å². The van der Waals surface area contributed by atoms with Gasteiger partial charge in [0, 0.05) is 39.1 Å². The summed E-state index contributed by atoms with van der Waals surface area (Å²) in [6, 6.07) is 4.94. The number of aromatic nitrogens is 2. The molecule has 0 radical (unpaired) electrons. The van der Waals surface area contributed by atoms with Gasteiger partial charge in [0.05, 0.1) is 16.1 Å². The monoisotopic (exact) mass is 435 g/mol. The molecule has 0 aromatic carbocycles. The number of anilines is 1. The van der Waals surface area contributed by atoms with Crippen LogP contribution in [-0.4, -0.2) is 45.9 Å². The Morgan fingerprint density at radius 1 is 1.41 bits per heavy atom. The molecule has 1 fully saturated rings. The van der Waals surface area contributed by atoms with Gasteiger partial charge in [0.1, 0.15) is 11.9 Å². The number of hydrogen-bond donors (Lipinski definition) is 2. The topological polar surface area (TPSA) is 92.4 Å². The molecule has 4 rings (SSSR count). The molecule has 3 aromatic rings. The second kappa shape index (κ2) is 8.81. The van der Waals surface area contributed by atoms with E-state index in [1.807, 2.05) is 35.7 Å². The zero-order valence-corrected chi connectivity index (χ0v) is 17.7. The van der Waals surface area contributed by atoms with Crippen LogP contribution in [0.25, 0.3) is 0 Å². The molecule has 0 spiro atoms. The van der Waals surface area contributed by atoms with Crippen LogP contribution in [-0.2, 0) is 7.05 Å². The first kappa shape index (κ1) is 21.1. The molecular weight excluding hydrogens is 414 g/mol. The number of furan rings is 1. The van der Waals surface area contributed by atoms with Crippen molar-refractivity contribution in [3.8, 4) is 0 Å². The molecule has 10 heteroatoms. The van der Waals surface area contributed by atoms with Gasteiger partial charge in [-0.25, -0.2) is 4.98 Å². The van der Waals surface area contributed by atoms with Crippen LogP contribution in [0.15, 0.2) is 41.3 Å². The van der Waals surface area contributed by atoms with Gasteiger partial charge in [-0.3, -0.25) is 9.59 Å². The third kappa shape index (κ3) is 4.21. The predicted molar refractivity (Wildman–Crippen MR) is 113 cm³/mol. The molecule has 2 N–H and O–H groups in total. The molecule has 8 nitrogen and oxygen atoms in total. The van der Waals surface area contributed by atoms with E-state index < -0.39 is 0 Å². The second-order valence-electron chi connectivity index (χ2n) is 6.67. The number of nitrogens with zero attached hydrogens (tertiary/aromatic N) is 3. The van der Waals surface area contributed by atoms with Crippen LogP contribution in [0.1, 0.15) is 37.7 Å². The van der Waals surface area contributed by atoms with Crippen molar-refractivity contribution in [3.05, 3.63) is 58.9 Å². The number of carbonyl (C=O) groups is 2. The summed E-state index contributed by atoms with van der Waals surface area (Å²) in [7, 11) is 1.93. The van der Waals surface area contributed by atoms with Crippen molar-refractivity contribution in [1.82, 2.24) is 19.8 Å². The van der Waals surface area contributed by atoms with Crippen molar-refractivity contribution in [2.75, 3.05) is 25.0 Å². The van der Waals surface area contributed by atoms with Gasteiger partial charge in [-0.15, -0.1) is 23.7 Å². The first-order valence-corrected chi connectivity index (χ1v) is 9.80. The normalized spacial score (nSPS) is 16.3. The van der Waals surface area contributed by atoms with Crippen LogP contribution in [0, 0.1) is 6.92 Å². The van der Waals surface area contributed by atoms with Gasteiger partial charge in [-0.2, -0.15) is 0 Å². The van der Waals surface area contributed by atoms with Gasteiger partial charge < -0.3 is 24.5 Å². The Hall–Kier alpha value is -2.62. The third-order valence-electron chi connectivity index (χ3n) is 4.75. The zero-order valence-electron chi connectivity index (χ0n) is 16.0. The highest BCUT2D eigenvalue weighted by Gasteiger charge is 2.32. The van der Waals surface area contributed by atoms with Crippen molar-refractivity contribution in [2.24, 2.45) is 7.05 Å². The molecule has 1 unspecified atom stereocenters. The summed E-state index contributed by atoms with van der Waals surface area (Å²) in [5, 5.41) is 6.75. The van der Waals surface area contributed by atoms with Crippen LogP contribution >= 0.6 is 23.7 Å². The molecule has 1 aliphatic heterocycles. The minimum Gasteiger partial charge on any atom is -0.459 e. The highest BCUT2D eigenvalue weighted by Crippen LogP contribution is 2.31. The minimum absolute atomic E-state index is 0. The number of imidazole rings is 1. The number of carbonyl (C=O) groups excluding carboxylic acids is 2. The standard InChI is InChI=1S/C19H21N5O3S.ClH/c1-12-10-15(22-18(25)14-4-3-9-27-14)28-16(12)19(26)24-8-5-20-11-13(24)17-21-6-7-23(17)2;/h3-4,6-7,9-10,13,20H,5,8,11H2,1-2H3,(H,22,25);1H. The molecule has 0 aliphatic carbocycles. The summed E-state index contributed by atoms with van der Waals surface area (Å²) in [4.78, 5) is 32.4. The lowest BCUT2D eigenvalue weighted by atomic mass is 10.1. The molecule has 0 saturated carbocycles. The Labute approximate surface area is 178 Å². The summed E-state index contributed by atoms with van der Waals surface area (Å²) in [5.41, 5.74) is 0.835. The molecule has 154 valence electrons. The van der Waals surface area contributed by atoms with Crippen molar-refractivity contribution in [1.29, 1.82) is 0 Å². The van der Waals surface area contributed by atoms with Crippen molar-refractivity contribution < 1.29 is 14.0 Å². The second-order valence-corrected chi connectivity index (χ2v) is 7.72. The lowest BCUT2D eigenvalue weighted by Gasteiger charge is -2.35. The fourth-order valence-electron chi connectivity index (χ4n) is 3.34. The van der Waals surface area contributed by atoms with Crippen molar-refractivity contribution >= 4 is 40.6 Å². The first-order chi connectivity index (χ1) is 13.5. The molecule has 1 saturated heterocycles. The van der Waals surface area contributed by atoms with Gasteiger partial charge in [0.15, 0.2) is 5.76 Å². The Kier molecular flexibility index (Phi) is 6.41. The molecule has 1 aliphatic rings. The van der Waals surface area contributed by atoms with Crippen LogP contribution < -0.4 is 10.6 Å². The maximum atomic E-state index is 13.3. The Morgan fingerprint density at radius 3 is 2.93 bits per heavy atom. The van der Waals surface area contributed by atoms with Crippen LogP contribution in [0.4, 0.5) is 5.00 Å². The Balaban J connectivity index is 0.00000240. The quantitative estimate of drug-likeness (QED) is 0.657. The van der Waals surface area contributed by atoms with Crippen molar-refractivity contribution in [2.45, 2.75) is 13.0 Å². The molecular formula is C19H22ClN5O3S. The lowest BCUT2D eigenvalue weighted by molar-refractivity contribution is 0.0625. The molecule has 29 heavy (non-hydrogen) atoms. The smallest absolute Gasteiger partial charge is 0.291 e. The van der Waals surface area contributed by atoms with E-state index in [0.717, 1.165) is 17.9 Å². The van der Waals surface area contributed by atoms with Gasteiger partial charge in [-0.05, 0) is 30.7 Å². The van der Waals surface area contributed by atoms with Gasteiger partial charge >= 0.3 is 0 Å². The third-order valence-corrected chi connectivity index (χ3v) is 5.90. The van der Waals surface area contributed by atoms with Crippen molar-refractivity contribution in [3.63, 3.8) is 0 Å². The number of aryl methyl sites for hydroxylation is 2. The summed E-state index contributed by atoms with van der Waals surface area (Å²) in [6.45, 7) is 3.87. The number of halogens is 1. The van der Waals surface area contributed by atoms with E-state index >= 15 is 0 Å². The van der Waals surface area contributed by atoms with E-state index in [4.69, 9.17) is 4.42 Å². The van der Waals surface area contributed by atoms with Gasteiger partial charge in [-0.1, -0.05) is 0 Å². The summed E-state index contributed by atoms with van der Waals surface area (Å²) in [5.74, 6) is 0.700. The molecule has 3 aromatic heterocycles. The average molecular weight is 436 g/mol. The fraction of sp³-hybridized carbons (Fsp3) is 0.316. The van der Waals surface area contributed by atoms with Crippen LogP contribution in [0.3, 0.4) is 0 Å². The SMILES string of the molecule is Cc1cc(NC(=O)c2ccco2)sc1C(=O)N1CCNCC1c1nccn1C.Cl. The maximum Gasteiger partial charge on any atom is 0.291 e. The number of piperazine rings is 1. The zero-order chi connectivity index (χ0) is 19.7. The number of amides is 2. The number of rotatable bonds is 4. The highest BCUT2D eigenvalue weighted by molar-refractivity contribution is 7.18. The maximum absolute atomic E-state index is 13.3. The predicted octanol–water partition coefficient (Wildman–Crippen LogP) is 2.84. The summed E-state index contributed by atoms with van der Waals surface area (Å²) >= 11 is 1.28. The lowest BCUT2D eigenvalue weighted by Crippen LogP contribution is -2.49. The molecule has 2 amide bonds. The number of hydrogen-bond acceptors (Lipinski definition) is 6. The summed E-state index contributed by atoms with van der Waals surface area (Å²) in [6.07, 6.45) is 5.07. The van der Waals surface area contributed by atoms with E-state index in [2.05, 4.69) is 15.6 Å². The minimum atomic E-state index is -0.335. The number of thiophene rings is 1. The molecule has 0 bridgehead atoms. The van der Waals surface area contributed by atoms with E-state index in [1.54, 1.807) is 18.3 Å². The van der Waals surface area contributed by atoms with E-state index in [0.29, 0.717) is 23.0 Å². The fourth-order valence-corrected chi connectivity index (χ4v) is 4.37. The Bertz CT molecular complexity index is 998. The van der Waals surface area contributed by atoms with E-state index in [1.165, 1.54) is 17.6 Å². The first-order valence-electron chi connectivity index (χ1n) is 8.99. The molecule has 1 atom stereocenters. The highest BCUT2D eigenvalue weighted by atomic mass is 35.5. The average Bonchev–Trinajstić information content (AvgIpc) is 3.43. The molecule has 4 heterocycles. The van der Waals surface area contributed by atoms with Crippen LogP contribution in [0.2, 0.25) is 0 Å².